The normalized spacial score (nSPS) is 12.6. The average molecular weight is 176 g/mol. The van der Waals surface area contributed by atoms with E-state index in [4.69, 9.17) is 14.6 Å². The molecule has 0 amide bonds. The van der Waals surface area contributed by atoms with Crippen LogP contribution in [0.4, 0.5) is 0 Å². The molecule has 4 nitrogen and oxygen atoms in total. The molecular formula is C8H16O4. The molecule has 0 fully saturated rings. The van der Waals surface area contributed by atoms with Crippen molar-refractivity contribution in [2.24, 2.45) is 0 Å². The molecule has 0 aliphatic carbocycles. The summed E-state index contributed by atoms with van der Waals surface area (Å²) in [7, 11) is 0. The summed E-state index contributed by atoms with van der Waals surface area (Å²) in [6.07, 6.45) is 0.0144. The Morgan fingerprint density at radius 1 is 1.58 bits per heavy atom. The predicted octanol–water partition coefficient (Wildman–Crippen LogP) is 0.337. The Morgan fingerprint density at radius 3 is 2.75 bits per heavy atom. The zero-order chi connectivity index (χ0) is 9.40. The Kier molecular flexibility index (Phi) is 6.70. The van der Waals surface area contributed by atoms with Crippen molar-refractivity contribution in [1.29, 1.82) is 0 Å². The maximum Gasteiger partial charge on any atom is 0.334 e. The van der Waals surface area contributed by atoms with Crippen LogP contribution in [0.1, 0.15) is 20.3 Å². The van der Waals surface area contributed by atoms with Gasteiger partial charge in [0.05, 0.1) is 6.61 Å². The van der Waals surface area contributed by atoms with Crippen molar-refractivity contribution >= 4 is 5.97 Å². The van der Waals surface area contributed by atoms with Crippen LogP contribution in [-0.4, -0.2) is 37.0 Å². The molecule has 0 aromatic rings. The highest BCUT2D eigenvalue weighted by molar-refractivity contribution is 5.74. The van der Waals surface area contributed by atoms with Crippen LogP contribution >= 0.6 is 0 Å². The van der Waals surface area contributed by atoms with Crippen molar-refractivity contribution in [1.82, 2.24) is 0 Å². The van der Waals surface area contributed by atoms with Crippen molar-refractivity contribution in [2.75, 3.05) is 19.8 Å². The smallest absolute Gasteiger partial charge is 0.334 e. The van der Waals surface area contributed by atoms with Gasteiger partial charge in [-0.25, -0.2) is 4.79 Å². The van der Waals surface area contributed by atoms with Crippen molar-refractivity contribution in [3.05, 3.63) is 0 Å². The van der Waals surface area contributed by atoms with Crippen LogP contribution in [-0.2, 0) is 14.3 Å². The summed E-state index contributed by atoms with van der Waals surface area (Å²) >= 11 is 0. The molecule has 4 heteroatoms. The zero-order valence-electron chi connectivity index (χ0n) is 7.58. The van der Waals surface area contributed by atoms with E-state index in [1.165, 1.54) is 0 Å². The van der Waals surface area contributed by atoms with Gasteiger partial charge in [-0.3, -0.25) is 0 Å². The van der Waals surface area contributed by atoms with Crippen LogP contribution < -0.4 is 0 Å². The first-order valence-electron chi connectivity index (χ1n) is 4.11. The molecule has 72 valence electrons. The first-order chi connectivity index (χ1) is 5.72. The molecule has 0 saturated heterocycles. The Bertz CT molecular complexity index is 124. The summed E-state index contributed by atoms with van der Waals surface area (Å²) in [5, 5.41) is 8.42. The minimum atomic E-state index is -0.531. The van der Waals surface area contributed by atoms with E-state index in [0.29, 0.717) is 19.6 Å². The van der Waals surface area contributed by atoms with E-state index in [-0.39, 0.29) is 12.6 Å². The third-order valence-electron chi connectivity index (χ3n) is 1.29. The molecular weight excluding hydrogens is 160 g/mol. The van der Waals surface area contributed by atoms with Gasteiger partial charge in [0.15, 0.2) is 6.10 Å². The highest BCUT2D eigenvalue weighted by atomic mass is 16.6. The summed E-state index contributed by atoms with van der Waals surface area (Å²) in [6.45, 7) is 4.21. The SMILES string of the molecule is CCOC(=O)[C@H](C)OCCCO. The fourth-order valence-electron chi connectivity index (χ4n) is 0.652. The molecule has 0 spiro atoms. The third kappa shape index (κ3) is 5.09. The summed E-state index contributed by atoms with van der Waals surface area (Å²) in [5.41, 5.74) is 0. The number of carbonyl (C=O) groups is 1. The summed E-state index contributed by atoms with van der Waals surface area (Å²) in [6, 6.07) is 0. The number of rotatable bonds is 6. The Labute approximate surface area is 72.5 Å². The minimum Gasteiger partial charge on any atom is -0.464 e. The number of esters is 1. The first-order valence-corrected chi connectivity index (χ1v) is 4.11. The fraction of sp³-hybridized carbons (Fsp3) is 0.875. The van der Waals surface area contributed by atoms with Crippen LogP contribution in [0.25, 0.3) is 0 Å². The van der Waals surface area contributed by atoms with Crippen molar-refractivity contribution in [3.63, 3.8) is 0 Å². The number of hydrogen-bond acceptors (Lipinski definition) is 4. The van der Waals surface area contributed by atoms with E-state index in [0.717, 1.165) is 0 Å². The predicted molar refractivity (Wildman–Crippen MR) is 43.7 cm³/mol. The van der Waals surface area contributed by atoms with Gasteiger partial charge in [-0.15, -0.1) is 0 Å². The van der Waals surface area contributed by atoms with E-state index in [9.17, 15) is 4.79 Å². The molecule has 0 aromatic carbocycles. The number of carbonyl (C=O) groups excluding carboxylic acids is 1. The number of ether oxygens (including phenoxy) is 2. The van der Waals surface area contributed by atoms with Gasteiger partial charge in [0.25, 0.3) is 0 Å². The Balaban J connectivity index is 3.42. The maximum atomic E-state index is 10.9. The highest BCUT2D eigenvalue weighted by Crippen LogP contribution is 1.95. The molecule has 0 radical (unpaired) electrons. The highest BCUT2D eigenvalue weighted by Gasteiger charge is 2.13. The molecule has 0 saturated carbocycles. The number of hydrogen-bond donors (Lipinski definition) is 1. The monoisotopic (exact) mass is 176 g/mol. The first kappa shape index (κ1) is 11.4. The van der Waals surface area contributed by atoms with Gasteiger partial charge in [0, 0.05) is 13.2 Å². The van der Waals surface area contributed by atoms with Crippen molar-refractivity contribution < 1.29 is 19.4 Å². The van der Waals surface area contributed by atoms with E-state index in [1.807, 2.05) is 0 Å². The summed E-state index contributed by atoms with van der Waals surface area (Å²) < 4.78 is 9.77. The topological polar surface area (TPSA) is 55.8 Å². The largest absolute Gasteiger partial charge is 0.464 e. The summed E-state index contributed by atoms with van der Waals surface area (Å²) in [4.78, 5) is 10.9. The quantitative estimate of drug-likeness (QED) is 0.468. The molecule has 1 N–H and O–H groups in total. The lowest BCUT2D eigenvalue weighted by molar-refractivity contribution is -0.155. The van der Waals surface area contributed by atoms with Crippen LogP contribution in [0.3, 0.4) is 0 Å². The van der Waals surface area contributed by atoms with Crippen LogP contribution in [0.5, 0.6) is 0 Å². The standard InChI is InChI=1S/C8H16O4/c1-3-11-8(10)7(2)12-6-4-5-9/h7,9H,3-6H2,1-2H3/t7-/m0/s1. The van der Waals surface area contributed by atoms with Gasteiger partial charge in [0.2, 0.25) is 0 Å². The second-order valence-corrected chi connectivity index (χ2v) is 2.34. The molecule has 12 heavy (non-hydrogen) atoms. The van der Waals surface area contributed by atoms with Gasteiger partial charge in [-0.2, -0.15) is 0 Å². The maximum absolute atomic E-state index is 10.9. The molecule has 0 aliphatic heterocycles. The van der Waals surface area contributed by atoms with E-state index in [1.54, 1.807) is 13.8 Å². The van der Waals surface area contributed by atoms with Gasteiger partial charge in [0.1, 0.15) is 0 Å². The molecule has 0 aromatic heterocycles. The summed E-state index contributed by atoms with van der Waals surface area (Å²) in [5.74, 6) is -0.351. The zero-order valence-corrected chi connectivity index (χ0v) is 7.58. The molecule has 1 atom stereocenters. The van der Waals surface area contributed by atoms with Crippen LogP contribution in [0.15, 0.2) is 0 Å². The molecule has 0 heterocycles. The van der Waals surface area contributed by atoms with Crippen molar-refractivity contribution in [3.8, 4) is 0 Å². The molecule has 0 rings (SSSR count). The fourth-order valence-corrected chi connectivity index (χ4v) is 0.652. The number of aliphatic hydroxyl groups is 1. The number of aliphatic hydroxyl groups excluding tert-OH is 1. The lowest BCUT2D eigenvalue weighted by Crippen LogP contribution is -2.23. The Hall–Kier alpha value is -0.610. The van der Waals surface area contributed by atoms with Gasteiger partial charge in [-0.1, -0.05) is 0 Å². The van der Waals surface area contributed by atoms with Gasteiger partial charge >= 0.3 is 5.97 Å². The van der Waals surface area contributed by atoms with Gasteiger partial charge < -0.3 is 14.6 Å². The third-order valence-corrected chi connectivity index (χ3v) is 1.29. The minimum absolute atomic E-state index is 0.0789. The van der Waals surface area contributed by atoms with Crippen molar-refractivity contribution in [2.45, 2.75) is 26.4 Å². The van der Waals surface area contributed by atoms with E-state index >= 15 is 0 Å². The van der Waals surface area contributed by atoms with E-state index in [2.05, 4.69) is 0 Å². The average Bonchev–Trinajstić information content (AvgIpc) is 2.05. The molecule has 0 unspecified atom stereocenters. The molecule has 0 bridgehead atoms. The van der Waals surface area contributed by atoms with Crippen LogP contribution in [0, 0.1) is 0 Å². The lowest BCUT2D eigenvalue weighted by atomic mass is 10.4. The Morgan fingerprint density at radius 2 is 2.25 bits per heavy atom. The van der Waals surface area contributed by atoms with Gasteiger partial charge in [-0.05, 0) is 20.3 Å². The second kappa shape index (κ2) is 7.06. The lowest BCUT2D eigenvalue weighted by Gasteiger charge is -2.10. The second-order valence-electron chi connectivity index (χ2n) is 2.34. The van der Waals surface area contributed by atoms with E-state index < -0.39 is 6.10 Å². The van der Waals surface area contributed by atoms with Crippen LogP contribution in [0.2, 0.25) is 0 Å². The molecule has 0 aliphatic rings.